The Bertz CT molecular complexity index is 833. The van der Waals surface area contributed by atoms with Crippen molar-refractivity contribution < 1.29 is 9.90 Å². The lowest BCUT2D eigenvalue weighted by atomic mass is 10.2. The molecule has 0 atom stereocenters. The molecule has 0 aliphatic heterocycles. The maximum atomic E-state index is 12.2. The van der Waals surface area contributed by atoms with Crippen LogP contribution < -0.4 is 5.56 Å². The molecule has 0 amide bonds. The van der Waals surface area contributed by atoms with E-state index in [1.807, 2.05) is 18.2 Å². The van der Waals surface area contributed by atoms with E-state index in [2.05, 4.69) is 4.98 Å². The molecule has 0 saturated heterocycles. The van der Waals surface area contributed by atoms with E-state index in [0.717, 1.165) is 10.3 Å². The summed E-state index contributed by atoms with van der Waals surface area (Å²) in [6.07, 6.45) is 1.49. The molecule has 0 saturated carbocycles. The van der Waals surface area contributed by atoms with Crippen LogP contribution in [0.2, 0.25) is 0 Å². The van der Waals surface area contributed by atoms with Gasteiger partial charge in [0.1, 0.15) is 5.69 Å². The van der Waals surface area contributed by atoms with Crippen LogP contribution in [0.25, 0.3) is 10.1 Å². The fourth-order valence-electron chi connectivity index (χ4n) is 1.93. The van der Waals surface area contributed by atoms with Crippen LogP contribution in [-0.4, -0.2) is 20.0 Å². The summed E-state index contributed by atoms with van der Waals surface area (Å²) < 4.78 is 2.58. The lowest BCUT2D eigenvalue weighted by molar-refractivity contribution is 0.0690. The van der Waals surface area contributed by atoms with Gasteiger partial charge in [-0.2, -0.15) is 0 Å². The number of nitrogens with zero attached hydrogens (tertiary/aromatic N) is 2. The molecule has 0 unspecified atom stereocenters. The molecule has 100 valence electrons. The topological polar surface area (TPSA) is 72.2 Å². The molecule has 2 aromatic heterocycles. The predicted octanol–water partition coefficient (Wildman–Crippen LogP) is 2.20. The van der Waals surface area contributed by atoms with Gasteiger partial charge in [-0.1, -0.05) is 29.7 Å². The molecule has 0 aliphatic carbocycles. The van der Waals surface area contributed by atoms with Gasteiger partial charge in [0, 0.05) is 6.20 Å². The third kappa shape index (κ3) is 2.21. The zero-order valence-electron chi connectivity index (χ0n) is 10.3. The average Bonchev–Trinajstić information content (AvgIpc) is 2.77. The third-order valence-electron chi connectivity index (χ3n) is 2.92. The summed E-state index contributed by atoms with van der Waals surface area (Å²) in [6, 6.07) is 10.6. The highest BCUT2D eigenvalue weighted by atomic mass is 32.1. The molecule has 3 aromatic rings. The standard InChI is InChI=1S/C14H10N2O3S/c17-13-10-3-1-2-4-12(10)20-16(13)8-9-5-6-11(14(18)19)15-7-9/h1-7H,8H2,(H,18,19). The summed E-state index contributed by atoms with van der Waals surface area (Å²) in [4.78, 5) is 26.7. The monoisotopic (exact) mass is 286 g/mol. The fraction of sp³-hybridized carbons (Fsp3) is 0.0714. The molecule has 3 rings (SSSR count). The van der Waals surface area contributed by atoms with E-state index in [1.54, 1.807) is 16.1 Å². The first kappa shape index (κ1) is 12.6. The Labute approximate surface area is 117 Å². The first-order chi connectivity index (χ1) is 9.65. The van der Waals surface area contributed by atoms with Crippen LogP contribution in [0.3, 0.4) is 0 Å². The van der Waals surface area contributed by atoms with Crippen molar-refractivity contribution in [3.8, 4) is 0 Å². The lowest BCUT2D eigenvalue weighted by Gasteiger charge is -2.01. The van der Waals surface area contributed by atoms with E-state index in [0.29, 0.717) is 11.9 Å². The average molecular weight is 286 g/mol. The zero-order chi connectivity index (χ0) is 14.1. The van der Waals surface area contributed by atoms with Crippen molar-refractivity contribution >= 4 is 27.6 Å². The highest BCUT2D eigenvalue weighted by Crippen LogP contribution is 2.16. The maximum Gasteiger partial charge on any atom is 0.354 e. The highest BCUT2D eigenvalue weighted by molar-refractivity contribution is 7.13. The molecule has 0 spiro atoms. The summed E-state index contributed by atoms with van der Waals surface area (Å²) >= 11 is 1.39. The highest BCUT2D eigenvalue weighted by Gasteiger charge is 2.08. The van der Waals surface area contributed by atoms with Crippen molar-refractivity contribution in [3.63, 3.8) is 0 Å². The normalized spacial score (nSPS) is 10.8. The van der Waals surface area contributed by atoms with Gasteiger partial charge >= 0.3 is 5.97 Å². The summed E-state index contributed by atoms with van der Waals surface area (Å²) in [6.45, 7) is 0.394. The van der Waals surface area contributed by atoms with E-state index in [1.165, 1.54) is 23.8 Å². The number of carboxylic acid groups (broad SMARTS) is 1. The second-order valence-electron chi connectivity index (χ2n) is 4.29. The second-order valence-corrected chi connectivity index (χ2v) is 5.35. The Morgan fingerprint density at radius 2 is 2.05 bits per heavy atom. The van der Waals surface area contributed by atoms with Crippen molar-refractivity contribution in [2.45, 2.75) is 6.54 Å². The fourth-order valence-corrected chi connectivity index (χ4v) is 2.96. The molecule has 1 N–H and O–H groups in total. The van der Waals surface area contributed by atoms with E-state index >= 15 is 0 Å². The largest absolute Gasteiger partial charge is 0.477 e. The number of hydrogen-bond donors (Lipinski definition) is 1. The maximum absolute atomic E-state index is 12.2. The van der Waals surface area contributed by atoms with Crippen molar-refractivity contribution in [2.24, 2.45) is 0 Å². The van der Waals surface area contributed by atoms with Crippen molar-refractivity contribution in [1.29, 1.82) is 0 Å². The Balaban J connectivity index is 1.95. The number of aromatic nitrogens is 2. The molecular weight excluding hydrogens is 276 g/mol. The van der Waals surface area contributed by atoms with Gasteiger partial charge in [-0.15, -0.1) is 0 Å². The van der Waals surface area contributed by atoms with Gasteiger partial charge < -0.3 is 5.11 Å². The minimum atomic E-state index is -1.06. The quantitative estimate of drug-likeness (QED) is 0.801. The predicted molar refractivity (Wildman–Crippen MR) is 76.4 cm³/mol. The number of carbonyl (C=O) groups is 1. The van der Waals surface area contributed by atoms with Gasteiger partial charge in [-0.25, -0.2) is 9.78 Å². The zero-order valence-corrected chi connectivity index (χ0v) is 11.1. The lowest BCUT2D eigenvalue weighted by Crippen LogP contribution is -2.14. The molecule has 0 bridgehead atoms. The molecule has 1 aromatic carbocycles. The smallest absolute Gasteiger partial charge is 0.354 e. The van der Waals surface area contributed by atoms with E-state index in [-0.39, 0.29) is 11.3 Å². The molecule has 0 radical (unpaired) electrons. The van der Waals surface area contributed by atoms with Crippen LogP contribution in [0.1, 0.15) is 16.1 Å². The number of pyridine rings is 1. The van der Waals surface area contributed by atoms with Crippen LogP contribution in [0.15, 0.2) is 47.4 Å². The van der Waals surface area contributed by atoms with E-state index < -0.39 is 5.97 Å². The van der Waals surface area contributed by atoms with Gasteiger partial charge in [0.2, 0.25) is 0 Å². The number of hydrogen-bond acceptors (Lipinski definition) is 4. The van der Waals surface area contributed by atoms with Crippen LogP contribution in [0, 0.1) is 0 Å². The van der Waals surface area contributed by atoms with Crippen molar-refractivity contribution in [2.75, 3.05) is 0 Å². The van der Waals surface area contributed by atoms with Crippen LogP contribution >= 0.6 is 11.5 Å². The third-order valence-corrected chi connectivity index (χ3v) is 3.99. The molecule has 5 nitrogen and oxygen atoms in total. The molecule has 2 heterocycles. The van der Waals surface area contributed by atoms with Gasteiger partial charge in [0.25, 0.3) is 5.56 Å². The number of rotatable bonds is 3. The second kappa shape index (κ2) is 4.90. The summed E-state index contributed by atoms with van der Waals surface area (Å²) in [5.41, 5.74) is 0.758. The Kier molecular flexibility index (Phi) is 3.08. The Morgan fingerprint density at radius 1 is 1.25 bits per heavy atom. The number of benzene rings is 1. The molecule has 6 heteroatoms. The minimum absolute atomic E-state index is 0.00237. The van der Waals surface area contributed by atoms with Crippen molar-refractivity contribution in [3.05, 3.63) is 64.2 Å². The Morgan fingerprint density at radius 3 is 2.70 bits per heavy atom. The summed E-state index contributed by atoms with van der Waals surface area (Å²) in [5.74, 6) is -1.06. The SMILES string of the molecule is O=C(O)c1ccc(Cn2sc3ccccc3c2=O)cn1. The van der Waals surface area contributed by atoms with Gasteiger partial charge in [0.15, 0.2) is 0 Å². The van der Waals surface area contributed by atoms with Crippen LogP contribution in [0.5, 0.6) is 0 Å². The van der Waals surface area contributed by atoms with Gasteiger partial charge in [-0.05, 0) is 23.8 Å². The number of carboxylic acids is 1. The Hall–Kier alpha value is -2.47. The first-order valence-electron chi connectivity index (χ1n) is 5.92. The van der Waals surface area contributed by atoms with Gasteiger partial charge in [-0.3, -0.25) is 8.75 Å². The van der Waals surface area contributed by atoms with E-state index in [4.69, 9.17) is 5.11 Å². The van der Waals surface area contributed by atoms with Crippen LogP contribution in [-0.2, 0) is 6.54 Å². The summed E-state index contributed by atoms with van der Waals surface area (Å²) in [5, 5.41) is 9.49. The molecule has 0 aliphatic rings. The first-order valence-corrected chi connectivity index (χ1v) is 6.69. The molecular formula is C14H10N2O3S. The van der Waals surface area contributed by atoms with Crippen molar-refractivity contribution in [1.82, 2.24) is 8.94 Å². The molecule has 0 fully saturated rings. The van der Waals surface area contributed by atoms with Gasteiger partial charge in [0.05, 0.1) is 16.6 Å². The minimum Gasteiger partial charge on any atom is -0.477 e. The number of aromatic carboxylic acids is 1. The molecule has 20 heavy (non-hydrogen) atoms. The van der Waals surface area contributed by atoms with E-state index in [9.17, 15) is 9.59 Å². The van der Waals surface area contributed by atoms with Crippen LogP contribution in [0.4, 0.5) is 0 Å². The number of fused-ring (bicyclic) bond motifs is 1. The summed E-state index contributed by atoms with van der Waals surface area (Å²) in [7, 11) is 0.